The summed E-state index contributed by atoms with van der Waals surface area (Å²) in [5, 5.41) is 10.4. The van der Waals surface area contributed by atoms with Crippen LogP contribution in [0.2, 0.25) is 0 Å². The molecule has 0 aromatic carbocycles. The molecule has 0 spiro atoms. The third-order valence-corrected chi connectivity index (χ3v) is 3.85. The van der Waals surface area contributed by atoms with Crippen molar-refractivity contribution < 1.29 is 4.79 Å². The quantitative estimate of drug-likeness (QED) is 0.452. The molecule has 0 aliphatic heterocycles. The zero-order valence-corrected chi connectivity index (χ0v) is 13.8. The third kappa shape index (κ3) is 6.81. The lowest BCUT2D eigenvalue weighted by molar-refractivity contribution is -0.127. The van der Waals surface area contributed by atoms with E-state index in [4.69, 9.17) is 0 Å². The van der Waals surface area contributed by atoms with Gasteiger partial charge in [-0.15, -0.1) is 0 Å². The average molecular weight is 314 g/mol. The summed E-state index contributed by atoms with van der Waals surface area (Å²) in [6.45, 7) is 1.70. The normalized spacial score (nSPS) is 11.2. The first-order chi connectivity index (χ1) is 9.63. The minimum Gasteiger partial charge on any atom is -0.356 e. The van der Waals surface area contributed by atoms with Gasteiger partial charge in [0.1, 0.15) is 0 Å². The first-order valence-corrected chi connectivity index (χ1v) is 8.69. The van der Waals surface area contributed by atoms with Gasteiger partial charge in [-0.05, 0) is 28.6 Å². The summed E-state index contributed by atoms with van der Waals surface area (Å²) in [6, 6.07) is 2.05. The number of guanidine groups is 1. The number of nitrogens with zero attached hydrogens (tertiary/aromatic N) is 2. The standard InChI is InChI=1S/C13H22N4OS2/c1-17(2)12(18)9-16-13(14-5-7-19-3)15-8-11-4-6-20-10-11/h4,6,10H,5,7-9H2,1-3H3,(H2,14,15,16). The second-order valence-electron chi connectivity index (χ2n) is 4.36. The van der Waals surface area contributed by atoms with E-state index in [1.54, 1.807) is 42.1 Å². The van der Waals surface area contributed by atoms with E-state index in [-0.39, 0.29) is 12.5 Å². The maximum Gasteiger partial charge on any atom is 0.241 e. The molecule has 0 saturated carbocycles. The summed E-state index contributed by atoms with van der Waals surface area (Å²) in [5.41, 5.74) is 1.18. The highest BCUT2D eigenvalue weighted by Gasteiger charge is 2.05. The largest absolute Gasteiger partial charge is 0.356 e. The predicted octanol–water partition coefficient (Wildman–Crippen LogP) is 1.23. The average Bonchev–Trinajstić information content (AvgIpc) is 2.94. The number of thiophene rings is 1. The van der Waals surface area contributed by atoms with E-state index in [0.717, 1.165) is 12.3 Å². The van der Waals surface area contributed by atoms with Gasteiger partial charge in [-0.3, -0.25) is 4.79 Å². The van der Waals surface area contributed by atoms with Gasteiger partial charge in [0.25, 0.3) is 0 Å². The van der Waals surface area contributed by atoms with Gasteiger partial charge in [-0.2, -0.15) is 23.1 Å². The Kier molecular flexibility index (Phi) is 8.13. The lowest BCUT2D eigenvalue weighted by Crippen LogP contribution is -2.43. The van der Waals surface area contributed by atoms with Gasteiger partial charge in [0.05, 0.1) is 13.1 Å². The summed E-state index contributed by atoms with van der Waals surface area (Å²) < 4.78 is 0. The summed E-state index contributed by atoms with van der Waals surface area (Å²) in [5.74, 6) is 1.71. The van der Waals surface area contributed by atoms with Crippen molar-refractivity contribution in [3.8, 4) is 0 Å². The van der Waals surface area contributed by atoms with Crippen LogP contribution >= 0.6 is 23.1 Å². The smallest absolute Gasteiger partial charge is 0.241 e. The molecule has 0 atom stereocenters. The zero-order valence-electron chi connectivity index (χ0n) is 12.2. The maximum absolute atomic E-state index is 11.6. The Bertz CT molecular complexity index is 418. The van der Waals surface area contributed by atoms with Crippen molar-refractivity contribution in [1.82, 2.24) is 15.5 Å². The van der Waals surface area contributed by atoms with Gasteiger partial charge in [-0.25, -0.2) is 4.99 Å². The fraction of sp³-hybridized carbons (Fsp3) is 0.538. The van der Waals surface area contributed by atoms with Gasteiger partial charge in [0.15, 0.2) is 5.96 Å². The second kappa shape index (κ2) is 9.66. The Labute approximate surface area is 128 Å². The molecular formula is C13H22N4OS2. The van der Waals surface area contributed by atoms with Crippen LogP contribution in [0.5, 0.6) is 0 Å². The first-order valence-electron chi connectivity index (χ1n) is 6.36. The van der Waals surface area contributed by atoms with Crippen molar-refractivity contribution >= 4 is 35.0 Å². The summed E-state index contributed by atoms with van der Waals surface area (Å²) in [4.78, 5) is 17.6. The van der Waals surface area contributed by atoms with Gasteiger partial charge in [0, 0.05) is 26.4 Å². The van der Waals surface area contributed by atoms with Gasteiger partial charge < -0.3 is 15.5 Å². The molecule has 0 saturated heterocycles. The topological polar surface area (TPSA) is 56.7 Å². The van der Waals surface area contributed by atoms with Crippen LogP contribution in [0.25, 0.3) is 0 Å². The minimum atomic E-state index is 0.0277. The molecule has 0 aliphatic carbocycles. The van der Waals surface area contributed by atoms with E-state index >= 15 is 0 Å². The van der Waals surface area contributed by atoms with Crippen LogP contribution in [0.15, 0.2) is 21.8 Å². The fourth-order valence-electron chi connectivity index (χ4n) is 1.32. The Morgan fingerprint density at radius 2 is 2.25 bits per heavy atom. The summed E-state index contributed by atoms with van der Waals surface area (Å²) in [7, 11) is 3.49. The van der Waals surface area contributed by atoms with Crippen molar-refractivity contribution in [2.24, 2.45) is 4.99 Å². The number of rotatable bonds is 7. The number of carbonyl (C=O) groups excluding carboxylic acids is 1. The Morgan fingerprint density at radius 1 is 1.45 bits per heavy atom. The van der Waals surface area contributed by atoms with E-state index in [2.05, 4.69) is 33.3 Å². The van der Waals surface area contributed by atoms with Crippen molar-refractivity contribution in [2.45, 2.75) is 6.54 Å². The van der Waals surface area contributed by atoms with Crippen molar-refractivity contribution in [2.75, 3.05) is 39.2 Å². The van der Waals surface area contributed by atoms with Crippen molar-refractivity contribution in [3.63, 3.8) is 0 Å². The first kappa shape index (κ1) is 16.8. The van der Waals surface area contributed by atoms with Gasteiger partial charge in [-0.1, -0.05) is 0 Å². The molecule has 0 fully saturated rings. The second-order valence-corrected chi connectivity index (χ2v) is 6.12. The summed E-state index contributed by atoms with van der Waals surface area (Å²) in [6.07, 6.45) is 2.06. The molecule has 1 aromatic rings. The van der Waals surface area contributed by atoms with Crippen LogP contribution in [0.4, 0.5) is 0 Å². The van der Waals surface area contributed by atoms with Gasteiger partial charge >= 0.3 is 0 Å². The van der Waals surface area contributed by atoms with Crippen LogP contribution in [-0.2, 0) is 11.3 Å². The van der Waals surface area contributed by atoms with Crippen molar-refractivity contribution in [1.29, 1.82) is 0 Å². The van der Waals surface area contributed by atoms with Crippen LogP contribution in [0.1, 0.15) is 5.56 Å². The molecule has 2 N–H and O–H groups in total. The molecule has 0 bridgehead atoms. The minimum absolute atomic E-state index is 0.0277. The molecule has 1 aromatic heterocycles. The molecule has 1 amide bonds. The molecule has 112 valence electrons. The third-order valence-electron chi connectivity index (χ3n) is 2.50. The predicted molar refractivity (Wildman–Crippen MR) is 88.5 cm³/mol. The molecule has 0 unspecified atom stereocenters. The molecule has 0 radical (unpaired) electrons. The van der Waals surface area contributed by atoms with Crippen LogP contribution in [0, 0.1) is 0 Å². The molecule has 1 rings (SSSR count). The van der Waals surface area contributed by atoms with E-state index in [9.17, 15) is 4.79 Å². The number of carbonyl (C=O) groups is 1. The van der Waals surface area contributed by atoms with Crippen LogP contribution < -0.4 is 10.6 Å². The Hall–Kier alpha value is -1.21. The Balaban J connectivity index is 2.50. The highest BCUT2D eigenvalue weighted by Crippen LogP contribution is 2.06. The Morgan fingerprint density at radius 3 is 2.85 bits per heavy atom. The molecule has 5 nitrogen and oxygen atoms in total. The molecule has 7 heteroatoms. The number of hydrogen-bond donors (Lipinski definition) is 2. The number of likely N-dealkylation sites (N-methyl/N-ethyl adjacent to an activating group) is 1. The number of aliphatic imine (C=N–C) groups is 1. The molecule has 0 aliphatic rings. The van der Waals surface area contributed by atoms with E-state index in [1.165, 1.54) is 5.56 Å². The fourth-order valence-corrected chi connectivity index (χ4v) is 2.28. The maximum atomic E-state index is 11.6. The van der Waals surface area contributed by atoms with Gasteiger partial charge in [0.2, 0.25) is 5.91 Å². The van der Waals surface area contributed by atoms with E-state index in [0.29, 0.717) is 12.5 Å². The molecule has 1 heterocycles. The number of amides is 1. The zero-order chi connectivity index (χ0) is 14.8. The highest BCUT2D eigenvalue weighted by atomic mass is 32.2. The number of hydrogen-bond acceptors (Lipinski definition) is 4. The van der Waals surface area contributed by atoms with Crippen LogP contribution in [0.3, 0.4) is 0 Å². The monoisotopic (exact) mass is 314 g/mol. The highest BCUT2D eigenvalue weighted by molar-refractivity contribution is 7.98. The molecule has 20 heavy (non-hydrogen) atoms. The van der Waals surface area contributed by atoms with E-state index < -0.39 is 0 Å². The number of thioether (sulfide) groups is 1. The molecular weight excluding hydrogens is 292 g/mol. The van der Waals surface area contributed by atoms with Crippen LogP contribution in [-0.4, -0.2) is 56.0 Å². The number of nitrogens with one attached hydrogen (secondary N) is 2. The lowest BCUT2D eigenvalue weighted by Gasteiger charge is -2.14. The van der Waals surface area contributed by atoms with E-state index in [1.807, 2.05) is 5.38 Å². The lowest BCUT2D eigenvalue weighted by atomic mass is 10.3. The van der Waals surface area contributed by atoms with Crippen molar-refractivity contribution in [3.05, 3.63) is 22.4 Å². The SMILES string of the molecule is CSCCNC(=NCc1ccsc1)NCC(=O)N(C)C. The summed E-state index contributed by atoms with van der Waals surface area (Å²) >= 11 is 3.43.